The first-order valence-corrected chi connectivity index (χ1v) is 18.9. The van der Waals surface area contributed by atoms with Crippen LogP contribution in [0.25, 0.3) is 55.4 Å². The first-order chi connectivity index (χ1) is 26.4. The van der Waals surface area contributed by atoms with Crippen LogP contribution < -0.4 is 0 Å². The van der Waals surface area contributed by atoms with E-state index in [0.717, 1.165) is 111 Å². The highest BCUT2D eigenvalue weighted by atomic mass is 16.6. The van der Waals surface area contributed by atoms with Crippen LogP contribution >= 0.6 is 0 Å². The molecule has 3 aromatic heterocycles. The first kappa shape index (κ1) is 31.4. The van der Waals surface area contributed by atoms with E-state index in [9.17, 15) is 14.7 Å². The third-order valence-electron chi connectivity index (χ3n) is 12.5. The normalized spacial score (nSPS) is 22.7. The van der Waals surface area contributed by atoms with Gasteiger partial charge in [0.05, 0.1) is 35.0 Å². The van der Waals surface area contributed by atoms with Gasteiger partial charge >= 0.3 is 12.2 Å². The average molecular weight is 719 g/mol. The van der Waals surface area contributed by atoms with Gasteiger partial charge in [0.15, 0.2) is 0 Å². The van der Waals surface area contributed by atoms with E-state index >= 15 is 0 Å². The number of nitrogens with zero attached hydrogens (tertiary/aromatic N) is 4. The zero-order valence-electron chi connectivity index (χ0n) is 29.5. The number of hydrogen-bond donors (Lipinski definition) is 3. The molecule has 7 aromatic rings. The highest BCUT2D eigenvalue weighted by Gasteiger charge is 2.55. The maximum Gasteiger partial charge on any atom is 0.410 e. The summed E-state index contributed by atoms with van der Waals surface area (Å²) in [4.78, 5) is 45.5. The minimum Gasteiger partial charge on any atom is -0.465 e. The summed E-state index contributed by atoms with van der Waals surface area (Å²) in [5.41, 5.74) is 8.28. The molecule has 2 aliphatic heterocycles. The topological polar surface area (TPSA) is 141 Å². The van der Waals surface area contributed by atoms with Gasteiger partial charge in [-0.25, -0.2) is 19.6 Å². The van der Waals surface area contributed by atoms with Crippen LogP contribution in [0.15, 0.2) is 95.5 Å². The number of ether oxygens (including phenoxy) is 1. The van der Waals surface area contributed by atoms with Crippen LogP contribution in [0.3, 0.4) is 0 Å². The molecule has 11 heteroatoms. The van der Waals surface area contributed by atoms with Gasteiger partial charge in [-0.1, -0.05) is 48.5 Å². The highest BCUT2D eigenvalue weighted by molar-refractivity contribution is 6.07. The van der Waals surface area contributed by atoms with E-state index in [-0.39, 0.29) is 36.2 Å². The SMILES string of the molecule is O=C(OCc1ccccc1)N1CC2(CC2)CC1c1ncc(-c2ccc3c(c2)oc2cc(-c4ccc5nc(C6C7CCC(C7)N6C(=O)O)[nH]c5c4)ccc23)[nH]1. The Morgan fingerprint density at radius 2 is 1.65 bits per heavy atom. The molecule has 2 aliphatic carbocycles. The number of carboxylic acid groups (broad SMARTS) is 1. The van der Waals surface area contributed by atoms with Gasteiger partial charge in [-0.3, -0.25) is 9.80 Å². The fraction of sp³-hybridized carbons (Fsp3) is 0.302. The maximum absolute atomic E-state index is 13.3. The van der Waals surface area contributed by atoms with Gasteiger partial charge in [0.2, 0.25) is 0 Å². The summed E-state index contributed by atoms with van der Waals surface area (Å²) in [6, 6.07) is 28.1. The molecule has 4 unspecified atom stereocenters. The van der Waals surface area contributed by atoms with Crippen LogP contribution in [-0.2, 0) is 11.3 Å². The number of amides is 2. The van der Waals surface area contributed by atoms with E-state index in [1.54, 1.807) is 4.90 Å². The van der Waals surface area contributed by atoms with E-state index in [2.05, 4.69) is 52.4 Å². The highest BCUT2D eigenvalue weighted by Crippen LogP contribution is 2.58. The molecule has 0 radical (unpaired) electrons. The van der Waals surface area contributed by atoms with Gasteiger partial charge in [0, 0.05) is 28.9 Å². The molecule has 11 rings (SSSR count). The molecule has 54 heavy (non-hydrogen) atoms. The molecule has 2 saturated heterocycles. The number of benzene rings is 4. The third-order valence-corrected chi connectivity index (χ3v) is 12.5. The standard InChI is InChI=1S/C43H38N6O5/c50-41(51)49-29-10-6-28(16-29)38(49)40-45-32-13-9-25(17-33(32)46-40)26-7-11-30-31-12-8-27(19-37(31)54-36(30)18-26)34-21-44-39(47-34)35-20-43(14-15-43)23-48(35)42(52)53-22-24-4-2-1-3-5-24/h1-5,7-9,11-13,17-19,21,28-29,35,38H,6,10,14-16,20,22-23H2,(H,44,47)(H,45,46)(H,50,51). The number of carbonyl (C=O) groups is 2. The molecule has 4 aromatic carbocycles. The van der Waals surface area contributed by atoms with Gasteiger partial charge in [-0.15, -0.1) is 0 Å². The minimum absolute atomic E-state index is 0.0885. The average Bonchev–Trinajstić information content (AvgIpc) is 3.87. The van der Waals surface area contributed by atoms with E-state index in [4.69, 9.17) is 19.1 Å². The predicted molar refractivity (Wildman–Crippen MR) is 202 cm³/mol. The second kappa shape index (κ2) is 11.7. The fourth-order valence-electron chi connectivity index (χ4n) is 9.58. The van der Waals surface area contributed by atoms with E-state index in [1.165, 1.54) is 0 Å². The Kier molecular flexibility index (Phi) is 6.81. The summed E-state index contributed by atoms with van der Waals surface area (Å²) < 4.78 is 12.2. The van der Waals surface area contributed by atoms with Crippen molar-refractivity contribution in [3.63, 3.8) is 0 Å². The molecule has 2 saturated carbocycles. The van der Waals surface area contributed by atoms with Crippen molar-refractivity contribution in [2.24, 2.45) is 11.3 Å². The predicted octanol–water partition coefficient (Wildman–Crippen LogP) is 9.59. The molecule has 270 valence electrons. The summed E-state index contributed by atoms with van der Waals surface area (Å²) in [5.74, 6) is 1.82. The van der Waals surface area contributed by atoms with E-state index < -0.39 is 6.09 Å². The van der Waals surface area contributed by atoms with Crippen LogP contribution in [0.1, 0.15) is 67.8 Å². The largest absolute Gasteiger partial charge is 0.465 e. The first-order valence-electron chi connectivity index (χ1n) is 18.9. The second-order valence-corrected chi connectivity index (χ2v) is 15.8. The third kappa shape index (κ3) is 5.08. The Labute approximate surface area is 310 Å². The summed E-state index contributed by atoms with van der Waals surface area (Å²) in [6.07, 6.45) is 6.68. The van der Waals surface area contributed by atoms with Crippen molar-refractivity contribution in [2.75, 3.05) is 6.54 Å². The lowest BCUT2D eigenvalue weighted by Crippen LogP contribution is -2.39. The van der Waals surface area contributed by atoms with Crippen molar-refractivity contribution in [3.8, 4) is 22.4 Å². The van der Waals surface area contributed by atoms with Gasteiger partial charge in [0.25, 0.3) is 0 Å². The molecule has 3 N–H and O–H groups in total. The van der Waals surface area contributed by atoms with Gasteiger partial charge in [0.1, 0.15) is 29.4 Å². The van der Waals surface area contributed by atoms with Crippen LogP contribution in [0.5, 0.6) is 0 Å². The van der Waals surface area contributed by atoms with Gasteiger partial charge < -0.3 is 24.2 Å². The number of aromatic amines is 2. The monoisotopic (exact) mass is 718 g/mol. The summed E-state index contributed by atoms with van der Waals surface area (Å²) in [7, 11) is 0. The molecule has 4 atom stereocenters. The minimum atomic E-state index is -0.866. The molecule has 4 aliphatic rings. The number of likely N-dealkylation sites (tertiary alicyclic amines) is 2. The lowest BCUT2D eigenvalue weighted by molar-refractivity contribution is 0.0898. The Bertz CT molecular complexity index is 2620. The summed E-state index contributed by atoms with van der Waals surface area (Å²) in [6.45, 7) is 0.937. The number of aromatic nitrogens is 4. The number of carbonyl (C=O) groups excluding carboxylic acids is 1. The number of piperidine rings is 1. The number of furan rings is 1. The lowest BCUT2D eigenvalue weighted by Gasteiger charge is -2.31. The maximum atomic E-state index is 13.3. The lowest BCUT2D eigenvalue weighted by atomic mass is 9.98. The van der Waals surface area contributed by atoms with Crippen molar-refractivity contribution in [3.05, 3.63) is 108 Å². The van der Waals surface area contributed by atoms with Crippen molar-refractivity contribution in [2.45, 2.75) is 63.3 Å². The van der Waals surface area contributed by atoms with Crippen LogP contribution in [0.4, 0.5) is 9.59 Å². The molecule has 2 bridgehead atoms. The number of nitrogens with one attached hydrogen (secondary N) is 2. The van der Waals surface area contributed by atoms with Crippen molar-refractivity contribution >= 4 is 45.2 Å². The smallest absolute Gasteiger partial charge is 0.410 e. The number of imidazole rings is 2. The van der Waals surface area contributed by atoms with Gasteiger partial charge in [-0.2, -0.15) is 0 Å². The molecule has 1 spiro atoms. The van der Waals surface area contributed by atoms with Gasteiger partial charge in [-0.05, 0) is 103 Å². The number of fused-ring (bicyclic) bond motifs is 6. The van der Waals surface area contributed by atoms with E-state index in [1.807, 2.05) is 53.6 Å². The summed E-state index contributed by atoms with van der Waals surface area (Å²) in [5, 5.41) is 12.0. The number of hydrogen-bond acceptors (Lipinski definition) is 6. The Balaban J connectivity index is 0.849. The number of rotatable bonds is 6. The van der Waals surface area contributed by atoms with Crippen molar-refractivity contribution in [1.29, 1.82) is 0 Å². The van der Waals surface area contributed by atoms with Crippen molar-refractivity contribution < 1.29 is 23.8 Å². The molecule has 5 heterocycles. The quantitative estimate of drug-likeness (QED) is 0.156. The van der Waals surface area contributed by atoms with Crippen molar-refractivity contribution in [1.82, 2.24) is 29.7 Å². The zero-order valence-corrected chi connectivity index (χ0v) is 29.5. The number of H-pyrrole nitrogens is 2. The molecule has 11 nitrogen and oxygen atoms in total. The second-order valence-electron chi connectivity index (χ2n) is 15.8. The fourth-order valence-corrected chi connectivity index (χ4v) is 9.58. The Hall–Kier alpha value is -6.10. The van der Waals surface area contributed by atoms with Crippen LogP contribution in [0.2, 0.25) is 0 Å². The van der Waals surface area contributed by atoms with Crippen LogP contribution in [-0.4, -0.2) is 59.6 Å². The molecule has 2 amide bonds. The molecular formula is C43H38N6O5. The van der Waals surface area contributed by atoms with Crippen LogP contribution in [0, 0.1) is 11.3 Å². The Morgan fingerprint density at radius 3 is 2.44 bits per heavy atom. The zero-order chi connectivity index (χ0) is 36.1. The van der Waals surface area contributed by atoms with E-state index in [0.29, 0.717) is 12.5 Å². The summed E-state index contributed by atoms with van der Waals surface area (Å²) >= 11 is 0. The molecular weight excluding hydrogens is 681 g/mol. The molecule has 4 fully saturated rings. The Morgan fingerprint density at radius 1 is 0.889 bits per heavy atom.